The zero-order chi connectivity index (χ0) is 15.1. The Morgan fingerprint density at radius 2 is 1.70 bits per heavy atom. The molecule has 0 bridgehead atoms. The zero-order valence-electron chi connectivity index (χ0n) is 14.1. The highest BCUT2D eigenvalue weighted by Gasteiger charge is 2.30. The molecule has 2 heteroatoms. The van der Waals surface area contributed by atoms with Gasteiger partial charge in [0.05, 0.1) is 0 Å². The number of nitrogens with zero attached hydrogens (tertiary/aromatic N) is 2. The largest absolute Gasteiger partial charge is 0.369 e. The number of hydrogen-bond donors (Lipinski definition) is 0. The zero-order valence-corrected chi connectivity index (χ0v) is 14.1. The molecule has 1 heterocycles. The first kappa shape index (κ1) is 17.3. The van der Waals surface area contributed by atoms with E-state index in [1.165, 1.54) is 38.6 Å². The van der Waals surface area contributed by atoms with E-state index in [-0.39, 0.29) is 0 Å². The molecule has 0 aromatic heterocycles. The van der Waals surface area contributed by atoms with E-state index in [9.17, 15) is 0 Å². The molecule has 1 aliphatic rings. The Bertz CT molecular complexity index is 315. The second-order valence-electron chi connectivity index (χ2n) is 6.20. The molecule has 20 heavy (non-hydrogen) atoms. The third kappa shape index (κ3) is 4.37. The van der Waals surface area contributed by atoms with Gasteiger partial charge in [-0.2, -0.15) is 0 Å². The average Bonchev–Trinajstić information content (AvgIpc) is 2.45. The number of allylic oxidation sites excluding steroid dienone is 1. The molecule has 0 saturated carbocycles. The molecule has 1 aliphatic heterocycles. The predicted octanol–water partition coefficient (Wildman–Crippen LogP) is 4.44. The normalized spacial score (nSPS) is 20.4. The lowest BCUT2D eigenvalue weighted by atomic mass is 9.99. The van der Waals surface area contributed by atoms with E-state index in [4.69, 9.17) is 0 Å². The van der Waals surface area contributed by atoms with Crippen molar-refractivity contribution in [3.05, 3.63) is 24.4 Å². The number of piperazine rings is 1. The second kappa shape index (κ2) is 8.51. The van der Waals surface area contributed by atoms with E-state index in [2.05, 4.69) is 50.7 Å². The van der Waals surface area contributed by atoms with Crippen molar-refractivity contribution in [2.24, 2.45) is 0 Å². The summed E-state index contributed by atoms with van der Waals surface area (Å²) in [6.45, 7) is 20.6. The molecule has 0 N–H and O–H groups in total. The molecular weight excluding hydrogens is 244 g/mol. The first-order valence-corrected chi connectivity index (χ1v) is 8.40. The lowest BCUT2D eigenvalue weighted by Crippen LogP contribution is -2.55. The summed E-state index contributed by atoms with van der Waals surface area (Å²) in [5.41, 5.74) is 2.23. The van der Waals surface area contributed by atoms with E-state index in [1.807, 2.05) is 0 Å². The van der Waals surface area contributed by atoms with Gasteiger partial charge >= 0.3 is 0 Å². The second-order valence-corrected chi connectivity index (χ2v) is 6.20. The molecule has 116 valence electrons. The van der Waals surface area contributed by atoms with Gasteiger partial charge in [0.25, 0.3) is 0 Å². The molecule has 0 spiro atoms. The molecule has 1 fully saturated rings. The van der Waals surface area contributed by atoms with E-state index >= 15 is 0 Å². The van der Waals surface area contributed by atoms with Crippen molar-refractivity contribution >= 4 is 0 Å². The quantitative estimate of drug-likeness (QED) is 0.606. The van der Waals surface area contributed by atoms with Crippen LogP contribution in [0.2, 0.25) is 0 Å². The third-order valence-electron chi connectivity index (χ3n) is 4.59. The first-order valence-electron chi connectivity index (χ1n) is 8.40. The lowest BCUT2D eigenvalue weighted by Gasteiger charge is -2.46. The molecule has 1 rings (SSSR count). The summed E-state index contributed by atoms with van der Waals surface area (Å²) >= 11 is 0. The fourth-order valence-electron chi connectivity index (χ4n) is 3.37. The van der Waals surface area contributed by atoms with Gasteiger partial charge in [-0.15, -0.1) is 0 Å². The van der Waals surface area contributed by atoms with Gasteiger partial charge in [-0.1, -0.05) is 46.8 Å². The molecule has 2 nitrogen and oxygen atoms in total. The van der Waals surface area contributed by atoms with Crippen molar-refractivity contribution in [3.63, 3.8) is 0 Å². The molecule has 1 saturated heterocycles. The predicted molar refractivity (Wildman–Crippen MR) is 89.9 cm³/mol. The Morgan fingerprint density at radius 1 is 1.10 bits per heavy atom. The van der Waals surface area contributed by atoms with E-state index in [0.29, 0.717) is 6.04 Å². The minimum atomic E-state index is 0.669. The summed E-state index contributed by atoms with van der Waals surface area (Å²) in [6.07, 6.45) is 6.49. The average molecular weight is 278 g/mol. The monoisotopic (exact) mass is 278 g/mol. The van der Waals surface area contributed by atoms with Crippen LogP contribution < -0.4 is 0 Å². The van der Waals surface area contributed by atoms with Crippen molar-refractivity contribution in [2.75, 3.05) is 19.6 Å². The van der Waals surface area contributed by atoms with Crippen LogP contribution >= 0.6 is 0 Å². The van der Waals surface area contributed by atoms with Gasteiger partial charge in [-0.05, 0) is 31.8 Å². The Balaban J connectivity index is 2.71. The van der Waals surface area contributed by atoms with Crippen LogP contribution in [-0.4, -0.2) is 41.5 Å². The van der Waals surface area contributed by atoms with Gasteiger partial charge < -0.3 is 4.90 Å². The molecule has 1 atom stereocenters. The van der Waals surface area contributed by atoms with Crippen molar-refractivity contribution in [1.29, 1.82) is 0 Å². The molecule has 0 aliphatic carbocycles. The lowest BCUT2D eigenvalue weighted by molar-refractivity contribution is 0.0466. The minimum Gasteiger partial charge on any atom is -0.369 e. The van der Waals surface area contributed by atoms with Crippen LogP contribution in [0.25, 0.3) is 0 Å². The van der Waals surface area contributed by atoms with Crippen molar-refractivity contribution < 1.29 is 0 Å². The Morgan fingerprint density at radius 3 is 2.15 bits per heavy atom. The van der Waals surface area contributed by atoms with Gasteiger partial charge in [0.2, 0.25) is 0 Å². The Labute approximate surface area is 126 Å². The third-order valence-corrected chi connectivity index (χ3v) is 4.59. The van der Waals surface area contributed by atoms with Gasteiger partial charge in [-0.25, -0.2) is 0 Å². The fraction of sp³-hybridized carbons (Fsp3) is 0.778. The van der Waals surface area contributed by atoms with Crippen LogP contribution in [0.15, 0.2) is 24.4 Å². The van der Waals surface area contributed by atoms with E-state index < -0.39 is 0 Å². The van der Waals surface area contributed by atoms with E-state index in [1.54, 1.807) is 0 Å². The highest BCUT2D eigenvalue weighted by atomic mass is 15.3. The van der Waals surface area contributed by atoms with Crippen LogP contribution in [0.3, 0.4) is 0 Å². The van der Waals surface area contributed by atoms with Gasteiger partial charge in [0.1, 0.15) is 0 Å². The highest BCUT2D eigenvalue weighted by Crippen LogP contribution is 2.24. The van der Waals surface area contributed by atoms with Crippen molar-refractivity contribution in [2.45, 2.75) is 71.9 Å². The topological polar surface area (TPSA) is 6.48 Å². The number of hydrogen-bond acceptors (Lipinski definition) is 2. The summed E-state index contributed by atoms with van der Waals surface area (Å²) in [7, 11) is 0. The molecule has 0 radical (unpaired) electrons. The summed E-state index contributed by atoms with van der Waals surface area (Å²) < 4.78 is 0. The maximum Gasteiger partial charge on any atom is 0.0334 e. The fourth-order valence-corrected chi connectivity index (χ4v) is 3.37. The van der Waals surface area contributed by atoms with E-state index in [0.717, 1.165) is 30.4 Å². The van der Waals surface area contributed by atoms with Crippen molar-refractivity contribution in [3.8, 4) is 0 Å². The smallest absolute Gasteiger partial charge is 0.0334 e. The summed E-state index contributed by atoms with van der Waals surface area (Å²) in [5, 5.41) is 0. The summed E-state index contributed by atoms with van der Waals surface area (Å²) in [6, 6.07) is 1.44. The van der Waals surface area contributed by atoms with Crippen LogP contribution in [0.1, 0.15) is 59.8 Å². The summed E-state index contributed by atoms with van der Waals surface area (Å²) in [5.74, 6) is 0. The SMILES string of the molecule is C=C(C)C(=C)N1CCN(C(CCC)CCC)C(CC)C1. The van der Waals surface area contributed by atoms with Crippen molar-refractivity contribution in [1.82, 2.24) is 9.80 Å². The van der Waals surface area contributed by atoms with Crippen LogP contribution in [0, 0.1) is 0 Å². The van der Waals surface area contributed by atoms with Gasteiger partial charge in [0, 0.05) is 37.4 Å². The highest BCUT2D eigenvalue weighted by molar-refractivity contribution is 5.22. The molecule has 0 amide bonds. The maximum absolute atomic E-state index is 4.20. The molecular formula is C18H34N2. The summed E-state index contributed by atoms with van der Waals surface area (Å²) in [4.78, 5) is 5.21. The standard InChI is InChI=1S/C18H34N2/c1-7-10-18(11-8-2)20-13-12-19(14-17(20)9-3)16(6)15(4)5/h17-18H,4,6-14H2,1-3,5H3. The molecule has 0 aromatic rings. The van der Waals surface area contributed by atoms with Crippen LogP contribution in [-0.2, 0) is 0 Å². The number of rotatable bonds is 8. The van der Waals surface area contributed by atoms with Gasteiger partial charge in [-0.3, -0.25) is 4.90 Å². The molecule has 1 unspecified atom stereocenters. The van der Waals surface area contributed by atoms with Crippen LogP contribution in [0.5, 0.6) is 0 Å². The van der Waals surface area contributed by atoms with Crippen LogP contribution in [0.4, 0.5) is 0 Å². The maximum atomic E-state index is 4.20. The first-order chi connectivity index (χ1) is 9.54. The Hall–Kier alpha value is -0.760. The molecule has 0 aromatic carbocycles. The minimum absolute atomic E-state index is 0.669. The Kier molecular flexibility index (Phi) is 7.36. The van der Waals surface area contributed by atoms with Gasteiger partial charge in [0.15, 0.2) is 0 Å².